The van der Waals surface area contributed by atoms with Gasteiger partial charge in [-0.25, -0.2) is 0 Å². The summed E-state index contributed by atoms with van der Waals surface area (Å²) >= 11 is 0. The van der Waals surface area contributed by atoms with Gasteiger partial charge >= 0.3 is 0 Å². The van der Waals surface area contributed by atoms with Gasteiger partial charge in [0, 0.05) is 5.69 Å². The number of carbonyl (C=O) groups is 1. The van der Waals surface area contributed by atoms with Crippen LogP contribution in [0.1, 0.15) is 31.7 Å². The molecular weight excluding hydrogens is 214 g/mol. The van der Waals surface area contributed by atoms with Gasteiger partial charge in [-0.05, 0) is 44.0 Å². The zero-order valence-electron chi connectivity index (χ0n) is 10.4. The molecule has 90 valence electrons. The first-order chi connectivity index (χ1) is 8.11. The van der Waals surface area contributed by atoms with Crippen molar-refractivity contribution in [2.24, 2.45) is 0 Å². The highest BCUT2D eigenvalue weighted by Gasteiger charge is 2.29. The number of hydrogen-bond donors (Lipinski definition) is 1. The van der Waals surface area contributed by atoms with Crippen molar-refractivity contribution in [3.8, 4) is 5.75 Å². The summed E-state index contributed by atoms with van der Waals surface area (Å²) in [5.74, 6) is 0.781. The lowest BCUT2D eigenvalue weighted by Crippen LogP contribution is -2.11. The molecule has 1 aliphatic rings. The van der Waals surface area contributed by atoms with Crippen LogP contribution < -0.4 is 10.1 Å². The van der Waals surface area contributed by atoms with E-state index in [-0.39, 0.29) is 11.8 Å². The van der Waals surface area contributed by atoms with Crippen molar-refractivity contribution >= 4 is 11.6 Å². The molecule has 1 aliphatic heterocycles. The van der Waals surface area contributed by atoms with Crippen LogP contribution >= 0.6 is 0 Å². The second kappa shape index (κ2) is 4.62. The maximum absolute atomic E-state index is 11.9. The highest BCUT2D eigenvalue weighted by Crippen LogP contribution is 2.37. The molecule has 17 heavy (non-hydrogen) atoms. The number of ether oxygens (including phenoxy) is 1. The minimum atomic E-state index is -0.0880. The summed E-state index contributed by atoms with van der Waals surface area (Å²) in [5.41, 5.74) is 3.17. The second-order valence-corrected chi connectivity index (χ2v) is 4.51. The Hall–Kier alpha value is -1.77. The van der Waals surface area contributed by atoms with Crippen molar-refractivity contribution in [2.75, 3.05) is 12.4 Å². The van der Waals surface area contributed by atoms with Gasteiger partial charge in [-0.3, -0.25) is 4.79 Å². The Morgan fingerprint density at radius 2 is 2.24 bits per heavy atom. The van der Waals surface area contributed by atoms with Crippen LogP contribution in [0.4, 0.5) is 5.69 Å². The molecule has 3 nitrogen and oxygen atoms in total. The van der Waals surface area contributed by atoms with Crippen molar-refractivity contribution in [3.05, 3.63) is 35.4 Å². The summed E-state index contributed by atoms with van der Waals surface area (Å²) < 4.78 is 5.19. The predicted molar refractivity (Wildman–Crippen MR) is 68.4 cm³/mol. The summed E-state index contributed by atoms with van der Waals surface area (Å²) in [4.78, 5) is 11.9. The molecule has 1 amide bonds. The van der Waals surface area contributed by atoms with E-state index < -0.39 is 0 Å². The lowest BCUT2D eigenvalue weighted by molar-refractivity contribution is -0.116. The molecule has 0 bridgehead atoms. The van der Waals surface area contributed by atoms with Gasteiger partial charge in [0.2, 0.25) is 5.91 Å². The molecule has 1 atom stereocenters. The number of benzene rings is 1. The number of anilines is 1. The Morgan fingerprint density at radius 3 is 2.88 bits per heavy atom. The standard InChI is InChI=1S/C14H17NO2/c1-9(2)4-6-11-12-8-10(17-3)5-7-13(12)15-14(11)16/h4-5,7-8,11H,6H2,1-3H3,(H,15,16). The number of allylic oxidation sites excluding steroid dienone is 2. The smallest absolute Gasteiger partial charge is 0.232 e. The predicted octanol–water partition coefficient (Wildman–Crippen LogP) is 3.09. The van der Waals surface area contributed by atoms with Gasteiger partial charge in [0.15, 0.2) is 0 Å². The van der Waals surface area contributed by atoms with Crippen LogP contribution in [0.5, 0.6) is 5.75 Å². The normalized spacial score (nSPS) is 17.4. The number of methoxy groups -OCH3 is 1. The van der Waals surface area contributed by atoms with Crippen molar-refractivity contribution in [3.63, 3.8) is 0 Å². The average molecular weight is 231 g/mol. The van der Waals surface area contributed by atoms with Gasteiger partial charge in [-0.1, -0.05) is 11.6 Å². The molecule has 0 radical (unpaired) electrons. The average Bonchev–Trinajstić information content (AvgIpc) is 2.61. The SMILES string of the molecule is COc1ccc2c(c1)C(CC=C(C)C)C(=O)N2. The fraction of sp³-hybridized carbons (Fsp3) is 0.357. The van der Waals surface area contributed by atoms with E-state index in [0.29, 0.717) is 0 Å². The maximum Gasteiger partial charge on any atom is 0.232 e. The van der Waals surface area contributed by atoms with E-state index >= 15 is 0 Å². The molecule has 0 saturated heterocycles. The fourth-order valence-electron chi connectivity index (χ4n) is 2.02. The number of fused-ring (bicyclic) bond motifs is 1. The summed E-state index contributed by atoms with van der Waals surface area (Å²) in [6, 6.07) is 5.70. The van der Waals surface area contributed by atoms with E-state index in [0.717, 1.165) is 23.4 Å². The maximum atomic E-state index is 11.9. The van der Waals surface area contributed by atoms with Crippen LogP contribution in [0.2, 0.25) is 0 Å². The minimum Gasteiger partial charge on any atom is -0.497 e. The molecule has 0 aromatic heterocycles. The molecule has 0 aliphatic carbocycles. The van der Waals surface area contributed by atoms with Crippen LogP contribution in [0, 0.1) is 0 Å². The molecule has 2 rings (SSSR count). The molecular formula is C14H17NO2. The van der Waals surface area contributed by atoms with Crippen molar-refractivity contribution in [2.45, 2.75) is 26.2 Å². The third-order valence-electron chi connectivity index (χ3n) is 2.97. The third kappa shape index (κ3) is 2.33. The Bertz CT molecular complexity index is 473. The van der Waals surface area contributed by atoms with E-state index in [4.69, 9.17) is 4.74 Å². The Balaban J connectivity index is 2.31. The van der Waals surface area contributed by atoms with Crippen LogP contribution in [-0.4, -0.2) is 13.0 Å². The molecule has 3 heteroatoms. The van der Waals surface area contributed by atoms with Gasteiger partial charge in [-0.15, -0.1) is 0 Å². The van der Waals surface area contributed by atoms with E-state index in [2.05, 4.69) is 11.4 Å². The number of rotatable bonds is 3. The van der Waals surface area contributed by atoms with Crippen molar-refractivity contribution < 1.29 is 9.53 Å². The van der Waals surface area contributed by atoms with Crippen LogP contribution in [0.3, 0.4) is 0 Å². The Kier molecular flexibility index (Phi) is 3.18. The van der Waals surface area contributed by atoms with E-state index in [9.17, 15) is 4.79 Å². The fourth-order valence-corrected chi connectivity index (χ4v) is 2.02. The van der Waals surface area contributed by atoms with Gasteiger partial charge < -0.3 is 10.1 Å². The van der Waals surface area contributed by atoms with E-state index in [1.54, 1.807) is 7.11 Å². The van der Waals surface area contributed by atoms with Gasteiger partial charge in [0.1, 0.15) is 5.75 Å². The highest BCUT2D eigenvalue weighted by atomic mass is 16.5. The monoisotopic (exact) mass is 231 g/mol. The molecule has 0 saturated carbocycles. The van der Waals surface area contributed by atoms with E-state index in [1.807, 2.05) is 32.0 Å². The number of amides is 1. The molecule has 0 spiro atoms. The number of hydrogen-bond acceptors (Lipinski definition) is 2. The number of carbonyl (C=O) groups excluding carboxylic acids is 1. The van der Waals surface area contributed by atoms with Crippen LogP contribution in [0.25, 0.3) is 0 Å². The van der Waals surface area contributed by atoms with Gasteiger partial charge in [0.25, 0.3) is 0 Å². The lowest BCUT2D eigenvalue weighted by atomic mass is 9.96. The highest BCUT2D eigenvalue weighted by molar-refractivity contribution is 6.03. The summed E-state index contributed by atoms with van der Waals surface area (Å²) in [6.45, 7) is 4.08. The van der Waals surface area contributed by atoms with Gasteiger partial charge in [0.05, 0.1) is 13.0 Å². The summed E-state index contributed by atoms with van der Waals surface area (Å²) in [6.07, 6.45) is 2.84. The van der Waals surface area contributed by atoms with Crippen LogP contribution in [0.15, 0.2) is 29.8 Å². The topological polar surface area (TPSA) is 38.3 Å². The first-order valence-electron chi connectivity index (χ1n) is 5.74. The Labute approximate surface area is 101 Å². The third-order valence-corrected chi connectivity index (χ3v) is 2.97. The number of nitrogens with one attached hydrogen (secondary N) is 1. The molecule has 1 N–H and O–H groups in total. The molecule has 1 aromatic rings. The second-order valence-electron chi connectivity index (χ2n) is 4.51. The summed E-state index contributed by atoms with van der Waals surface area (Å²) in [7, 11) is 1.64. The molecule has 1 heterocycles. The van der Waals surface area contributed by atoms with Crippen molar-refractivity contribution in [1.29, 1.82) is 0 Å². The lowest BCUT2D eigenvalue weighted by Gasteiger charge is -2.07. The zero-order valence-corrected chi connectivity index (χ0v) is 10.4. The first-order valence-corrected chi connectivity index (χ1v) is 5.74. The zero-order chi connectivity index (χ0) is 12.4. The Morgan fingerprint density at radius 1 is 1.47 bits per heavy atom. The molecule has 1 aromatic carbocycles. The van der Waals surface area contributed by atoms with Crippen LogP contribution in [-0.2, 0) is 4.79 Å². The molecule has 0 fully saturated rings. The van der Waals surface area contributed by atoms with Gasteiger partial charge in [-0.2, -0.15) is 0 Å². The first kappa shape index (κ1) is 11.7. The minimum absolute atomic E-state index is 0.0748. The largest absolute Gasteiger partial charge is 0.497 e. The van der Waals surface area contributed by atoms with Crippen molar-refractivity contribution in [1.82, 2.24) is 0 Å². The summed E-state index contributed by atoms with van der Waals surface area (Å²) in [5, 5.41) is 2.90. The van der Waals surface area contributed by atoms with E-state index in [1.165, 1.54) is 5.57 Å². The molecule has 1 unspecified atom stereocenters. The quantitative estimate of drug-likeness (QED) is 0.812.